The Bertz CT molecular complexity index is 3350. The van der Waals surface area contributed by atoms with Crippen LogP contribution in [-0.4, -0.2) is 90.3 Å². The molecule has 10 bridgehead atoms. The van der Waals surface area contributed by atoms with E-state index in [1.807, 2.05) is 13.8 Å². The van der Waals surface area contributed by atoms with E-state index in [-0.39, 0.29) is 58.4 Å². The monoisotopic (exact) mass is 1350 g/mol. The number of nitrogens with one attached hydrogen (secondary N) is 3. The second-order valence-electron chi connectivity index (χ2n) is 36.5. The summed E-state index contributed by atoms with van der Waals surface area (Å²) in [4.78, 5) is 66.1. The highest BCUT2D eigenvalue weighted by Gasteiger charge is 2.60. The third kappa shape index (κ3) is 13.5. The number of fused-ring (bicyclic) bond motifs is 5. The van der Waals surface area contributed by atoms with Crippen LogP contribution < -0.4 is 16.0 Å². The molecule has 5 atom stereocenters. The molecule has 3 amide bonds. The van der Waals surface area contributed by atoms with Crippen molar-refractivity contribution in [3.8, 4) is 0 Å². The number of hydrogen-bond acceptors (Lipinski definition) is 10. The van der Waals surface area contributed by atoms with E-state index < -0.39 is 5.41 Å². The van der Waals surface area contributed by atoms with Crippen molar-refractivity contribution in [3.63, 3.8) is 0 Å². The van der Waals surface area contributed by atoms with E-state index in [2.05, 4.69) is 64.6 Å². The second kappa shape index (κ2) is 28.3. The van der Waals surface area contributed by atoms with E-state index in [1.165, 1.54) is 196 Å². The standard InChI is InChI=1S/C28H43N3O.C27H39N3O3.C27H41N3O3/c1-28(2,27(32)29-26-20-13-18-12-19(15-20)16-21(26)14-18)17-24-23-10-6-7-11-25(23)31(30-24)22-8-4-3-5-9-22;1-2-33-27(32)18-8-9-22-23(15-18)30(21-6-4-3-5-7-21)29-25(22)26(31)28-24-19-11-16-10-17(13-19)14-20(24)12-16;1-5-33-24(32)17-11-12-21-20(15-17)22(29-30(21)19-9-7-6-8-10-19)23(31)28-25-26(2,3)18-13-14-27(25,4)16-18/h18-22,26H,3-17H2,1-2H3,(H,29,32);16-21,24H,2-15H2,1H3,(H,28,31);17-19,25H,5-16H2,1-4H3,(H,28,31). The smallest absolute Gasteiger partial charge is 0.309 e. The summed E-state index contributed by atoms with van der Waals surface area (Å²) < 4.78 is 17.4. The molecule has 3 N–H and O–H groups in total. The lowest BCUT2D eigenvalue weighted by atomic mass is 9.54. The molecule has 0 radical (unpaired) electrons. The second-order valence-corrected chi connectivity index (χ2v) is 36.5. The lowest BCUT2D eigenvalue weighted by Gasteiger charge is -2.54. The molecule has 16 nitrogen and oxygen atoms in total. The van der Waals surface area contributed by atoms with Gasteiger partial charge >= 0.3 is 11.9 Å². The van der Waals surface area contributed by atoms with E-state index in [0.29, 0.717) is 85.4 Å². The Balaban J connectivity index is 0.000000120. The van der Waals surface area contributed by atoms with Crippen LogP contribution in [0.15, 0.2) is 0 Å². The zero-order chi connectivity index (χ0) is 67.8. The summed E-state index contributed by atoms with van der Waals surface area (Å²) in [7, 11) is 0. The Labute approximate surface area is 586 Å². The molecule has 538 valence electrons. The number of esters is 2. The number of nitrogens with zero attached hydrogens (tertiary/aromatic N) is 6. The molecule has 13 saturated carbocycles. The summed E-state index contributed by atoms with van der Waals surface area (Å²) in [6, 6.07) is 2.26. The average Bonchev–Trinajstić information content (AvgIpc) is 1.52. The van der Waals surface area contributed by atoms with Crippen LogP contribution in [0.2, 0.25) is 0 Å². The molecule has 0 aromatic carbocycles. The highest BCUT2D eigenvalue weighted by Crippen LogP contribution is 2.63. The van der Waals surface area contributed by atoms with Gasteiger partial charge in [-0.2, -0.15) is 15.3 Å². The maximum atomic E-state index is 13.8. The summed E-state index contributed by atoms with van der Waals surface area (Å²) in [5.74, 6) is 6.92. The van der Waals surface area contributed by atoms with Crippen molar-refractivity contribution in [3.05, 3.63) is 50.9 Å². The van der Waals surface area contributed by atoms with Gasteiger partial charge in [0.15, 0.2) is 11.4 Å². The molecule has 0 aliphatic heterocycles. The first-order chi connectivity index (χ1) is 47.3. The van der Waals surface area contributed by atoms with Crippen molar-refractivity contribution in [2.75, 3.05) is 13.2 Å². The minimum absolute atomic E-state index is 0.0351. The van der Waals surface area contributed by atoms with E-state index >= 15 is 0 Å². The molecule has 3 aromatic rings. The van der Waals surface area contributed by atoms with Gasteiger partial charge in [-0.3, -0.25) is 38.0 Å². The minimum atomic E-state index is -0.397. The first-order valence-corrected chi connectivity index (χ1v) is 40.9. The Hall–Kier alpha value is -5.02. The number of aromatic nitrogens is 6. The van der Waals surface area contributed by atoms with Gasteiger partial charge < -0.3 is 25.4 Å². The van der Waals surface area contributed by atoms with Crippen molar-refractivity contribution in [1.82, 2.24) is 45.3 Å². The van der Waals surface area contributed by atoms with Crippen molar-refractivity contribution in [2.45, 2.75) is 335 Å². The fraction of sp³-hybridized carbons (Fsp3) is 0.829. The van der Waals surface area contributed by atoms with Crippen molar-refractivity contribution in [1.29, 1.82) is 0 Å². The van der Waals surface area contributed by atoms with Crippen molar-refractivity contribution in [2.24, 2.45) is 81.3 Å². The molecule has 98 heavy (non-hydrogen) atoms. The number of carbonyl (C=O) groups excluding carboxylic acids is 5. The molecule has 5 unspecified atom stereocenters. The molecular formula is C82H123N9O7. The van der Waals surface area contributed by atoms with Gasteiger partial charge in [0.25, 0.3) is 11.8 Å². The summed E-state index contributed by atoms with van der Waals surface area (Å²) in [6.07, 6.45) is 45.7. The van der Waals surface area contributed by atoms with Crippen LogP contribution in [0.5, 0.6) is 0 Å². The van der Waals surface area contributed by atoms with Crippen LogP contribution in [0.25, 0.3) is 0 Å². The van der Waals surface area contributed by atoms with E-state index in [0.717, 1.165) is 117 Å². The maximum Gasteiger partial charge on any atom is 0.309 e. The molecule has 0 spiro atoms. The molecule has 13 fully saturated rings. The van der Waals surface area contributed by atoms with Crippen LogP contribution in [-0.2, 0) is 68.8 Å². The molecule has 16 heteroatoms. The van der Waals surface area contributed by atoms with Crippen LogP contribution >= 0.6 is 0 Å². The van der Waals surface area contributed by atoms with Crippen molar-refractivity contribution >= 4 is 29.7 Å². The molecular weight excluding hydrogens is 1220 g/mol. The van der Waals surface area contributed by atoms with Crippen molar-refractivity contribution < 1.29 is 33.4 Å². The third-order valence-corrected chi connectivity index (χ3v) is 29.1. The fourth-order valence-electron chi connectivity index (χ4n) is 24.5. The number of ether oxygens (including phenoxy) is 2. The Kier molecular flexibility index (Phi) is 19.9. The summed E-state index contributed by atoms with van der Waals surface area (Å²) in [5, 5.41) is 25.8. The first kappa shape index (κ1) is 68.7. The summed E-state index contributed by atoms with van der Waals surface area (Å²) in [5.41, 5.74) is 9.72. The lowest BCUT2D eigenvalue weighted by Crippen LogP contribution is -2.57. The molecule has 19 rings (SSSR count). The minimum Gasteiger partial charge on any atom is -0.466 e. The number of amides is 3. The Morgan fingerprint density at radius 3 is 1.46 bits per heavy atom. The average molecular weight is 1350 g/mol. The third-order valence-electron chi connectivity index (χ3n) is 29.1. The largest absolute Gasteiger partial charge is 0.466 e. The topological polar surface area (TPSA) is 193 Å². The predicted molar refractivity (Wildman–Crippen MR) is 379 cm³/mol. The normalized spacial score (nSPS) is 34.3. The predicted octanol–water partition coefficient (Wildman–Crippen LogP) is 15.4. The van der Waals surface area contributed by atoms with Crippen LogP contribution in [0, 0.1) is 81.3 Å². The lowest BCUT2D eigenvalue weighted by molar-refractivity contribution is -0.149. The highest BCUT2D eigenvalue weighted by atomic mass is 16.5. The van der Waals surface area contributed by atoms with Gasteiger partial charge in [0.2, 0.25) is 5.91 Å². The number of rotatable bonds is 15. The van der Waals surface area contributed by atoms with Crippen LogP contribution in [0.3, 0.4) is 0 Å². The fourth-order valence-corrected chi connectivity index (χ4v) is 24.5. The first-order valence-electron chi connectivity index (χ1n) is 40.9. The maximum absolute atomic E-state index is 13.8. The van der Waals surface area contributed by atoms with Crippen LogP contribution in [0.1, 0.15) is 333 Å². The van der Waals surface area contributed by atoms with Gasteiger partial charge in [0.05, 0.1) is 48.9 Å². The highest BCUT2D eigenvalue weighted by molar-refractivity contribution is 5.95. The quantitative estimate of drug-likeness (QED) is 0.123. The van der Waals surface area contributed by atoms with Crippen LogP contribution in [0.4, 0.5) is 0 Å². The molecule has 0 saturated heterocycles. The number of carbonyl (C=O) groups is 5. The van der Waals surface area contributed by atoms with E-state index in [4.69, 9.17) is 24.8 Å². The Morgan fingerprint density at radius 1 is 0.480 bits per heavy atom. The Morgan fingerprint density at radius 2 is 0.939 bits per heavy atom. The van der Waals surface area contributed by atoms with E-state index in [1.54, 1.807) is 0 Å². The van der Waals surface area contributed by atoms with Gasteiger partial charge in [-0.1, -0.05) is 92.4 Å². The van der Waals surface area contributed by atoms with E-state index in [9.17, 15) is 24.0 Å². The molecule has 3 aromatic heterocycles. The van der Waals surface area contributed by atoms with Gasteiger partial charge in [-0.15, -0.1) is 0 Å². The van der Waals surface area contributed by atoms with Gasteiger partial charge in [0, 0.05) is 64.6 Å². The molecule has 16 aliphatic carbocycles. The summed E-state index contributed by atoms with van der Waals surface area (Å²) in [6.45, 7) is 15.8. The van der Waals surface area contributed by atoms with Gasteiger partial charge in [0.1, 0.15) is 0 Å². The van der Waals surface area contributed by atoms with Gasteiger partial charge in [-0.05, 0) is 263 Å². The zero-order valence-corrected chi connectivity index (χ0v) is 61.3. The molecule has 3 heterocycles. The van der Waals surface area contributed by atoms with Gasteiger partial charge in [-0.25, -0.2) is 0 Å². The number of hydrogen-bond donors (Lipinski definition) is 3. The summed E-state index contributed by atoms with van der Waals surface area (Å²) >= 11 is 0. The SMILES string of the molecule is CC(C)(Cc1nn(C2CCCCC2)c2c1CCCC2)C(=O)NC1C2CC3CC(C2)CC1C3.CCOC(=O)C1CCc2c(C(=O)NC3C4CC5CC(C4)CC3C5)nn(C3CCCCC3)c2C1.CCOC(=O)C1CCc2c(c(C(=O)NC3C4(C)CCC(C4)C3(C)C)nn2C2CCCCC2)C1. The molecule has 16 aliphatic rings. The zero-order valence-electron chi connectivity index (χ0n) is 61.3.